The van der Waals surface area contributed by atoms with Crippen molar-refractivity contribution < 1.29 is 13.6 Å². The van der Waals surface area contributed by atoms with Crippen LogP contribution >= 0.6 is 23.4 Å². The van der Waals surface area contributed by atoms with Gasteiger partial charge in [-0.2, -0.15) is 16.9 Å². The van der Waals surface area contributed by atoms with E-state index in [1.165, 1.54) is 30.0 Å². The van der Waals surface area contributed by atoms with Gasteiger partial charge in [-0.25, -0.2) is 8.78 Å². The zero-order chi connectivity index (χ0) is 18.2. The molecule has 3 rings (SSSR count). The average Bonchev–Trinajstić information content (AvgIpc) is 3.03. The molecule has 8 heteroatoms. The maximum atomic E-state index is 13.7. The van der Waals surface area contributed by atoms with Gasteiger partial charge in [-0.15, -0.1) is 0 Å². The summed E-state index contributed by atoms with van der Waals surface area (Å²) < 4.78 is 29.0. The highest BCUT2D eigenvalue weighted by molar-refractivity contribution is 7.98. The van der Waals surface area contributed by atoms with E-state index < -0.39 is 17.2 Å². The van der Waals surface area contributed by atoms with Crippen molar-refractivity contribution >= 4 is 29.1 Å². The Kier molecular flexibility index (Phi) is 5.06. The van der Waals surface area contributed by atoms with Crippen LogP contribution in [0.1, 0.15) is 30.2 Å². The number of benzene rings is 1. The SMILES string of the molecule is Cc1nn(C)c(Cl)c1C1=NOC(C)(CSCc2c(F)cccc2F)C1. The van der Waals surface area contributed by atoms with Gasteiger partial charge in [-0.3, -0.25) is 4.68 Å². The molecule has 0 saturated carbocycles. The lowest BCUT2D eigenvalue weighted by Gasteiger charge is -2.20. The van der Waals surface area contributed by atoms with E-state index in [1.807, 2.05) is 13.8 Å². The molecule has 2 heterocycles. The van der Waals surface area contributed by atoms with Gasteiger partial charge < -0.3 is 4.84 Å². The third-order valence-electron chi connectivity index (χ3n) is 4.07. The molecule has 0 saturated heterocycles. The molecule has 1 aromatic carbocycles. The van der Waals surface area contributed by atoms with E-state index in [-0.39, 0.29) is 11.3 Å². The molecule has 4 nitrogen and oxygen atoms in total. The van der Waals surface area contributed by atoms with E-state index in [2.05, 4.69) is 10.3 Å². The smallest absolute Gasteiger partial charge is 0.149 e. The van der Waals surface area contributed by atoms with Gasteiger partial charge in [0.15, 0.2) is 0 Å². The Morgan fingerprint density at radius 3 is 2.64 bits per heavy atom. The molecular weight excluding hydrogens is 368 g/mol. The summed E-state index contributed by atoms with van der Waals surface area (Å²) in [4.78, 5) is 5.61. The molecule has 0 spiro atoms. The second-order valence-corrected chi connectivity index (χ2v) is 7.67. The van der Waals surface area contributed by atoms with Crippen LogP contribution in [0.2, 0.25) is 5.15 Å². The van der Waals surface area contributed by atoms with Crippen molar-refractivity contribution in [3.63, 3.8) is 0 Å². The lowest BCUT2D eigenvalue weighted by molar-refractivity contribution is 0.0163. The predicted molar refractivity (Wildman–Crippen MR) is 96.1 cm³/mol. The molecule has 134 valence electrons. The van der Waals surface area contributed by atoms with Crippen LogP contribution in [0.15, 0.2) is 23.4 Å². The number of halogens is 3. The standard InChI is InChI=1S/C17H18ClF2N3OS/c1-10-15(16(18)23(3)21-10)14-7-17(2,24-22-14)9-25-8-11-12(19)5-4-6-13(11)20/h4-6H,7-9H2,1-3H3. The summed E-state index contributed by atoms with van der Waals surface area (Å²) in [6.45, 7) is 3.79. The topological polar surface area (TPSA) is 39.4 Å². The van der Waals surface area contributed by atoms with Gasteiger partial charge in [0, 0.05) is 30.5 Å². The van der Waals surface area contributed by atoms with Gasteiger partial charge in [0.2, 0.25) is 0 Å². The minimum atomic E-state index is -0.548. The van der Waals surface area contributed by atoms with E-state index >= 15 is 0 Å². The molecule has 0 fully saturated rings. The van der Waals surface area contributed by atoms with Crippen LogP contribution in [0, 0.1) is 18.6 Å². The van der Waals surface area contributed by atoms with E-state index in [0.29, 0.717) is 17.3 Å². The minimum absolute atomic E-state index is 0.0846. The van der Waals surface area contributed by atoms with Crippen molar-refractivity contribution in [2.24, 2.45) is 12.2 Å². The molecule has 1 unspecified atom stereocenters. The van der Waals surface area contributed by atoms with Gasteiger partial charge in [0.1, 0.15) is 22.4 Å². The number of hydrogen-bond acceptors (Lipinski definition) is 4. The largest absolute Gasteiger partial charge is 0.388 e. The summed E-state index contributed by atoms with van der Waals surface area (Å²) in [5.41, 5.74) is 1.86. The summed E-state index contributed by atoms with van der Waals surface area (Å²) in [5.74, 6) is -0.274. The van der Waals surface area contributed by atoms with Crippen LogP contribution in [0.3, 0.4) is 0 Å². The normalized spacial score (nSPS) is 19.8. The molecule has 1 atom stereocenters. The van der Waals surface area contributed by atoms with Crippen molar-refractivity contribution in [3.8, 4) is 0 Å². The van der Waals surface area contributed by atoms with Crippen molar-refractivity contribution in [3.05, 3.63) is 51.8 Å². The van der Waals surface area contributed by atoms with Gasteiger partial charge in [0.05, 0.1) is 17.0 Å². The number of aromatic nitrogens is 2. The fraction of sp³-hybridized carbons (Fsp3) is 0.412. The van der Waals surface area contributed by atoms with Crippen molar-refractivity contribution in [2.75, 3.05) is 5.75 Å². The van der Waals surface area contributed by atoms with E-state index in [0.717, 1.165) is 17.0 Å². The first-order chi connectivity index (χ1) is 11.8. The number of aryl methyl sites for hydroxylation is 2. The first kappa shape index (κ1) is 18.2. The zero-order valence-corrected chi connectivity index (χ0v) is 15.7. The molecule has 0 radical (unpaired) electrons. The lowest BCUT2D eigenvalue weighted by atomic mass is 9.98. The van der Waals surface area contributed by atoms with E-state index in [4.69, 9.17) is 16.4 Å². The Bertz CT molecular complexity index is 819. The molecule has 0 bridgehead atoms. The number of rotatable bonds is 5. The number of oxime groups is 1. The molecule has 0 aliphatic carbocycles. The average molecular weight is 386 g/mol. The highest BCUT2D eigenvalue weighted by Gasteiger charge is 2.37. The molecule has 0 amide bonds. The molecule has 2 aromatic rings. The maximum absolute atomic E-state index is 13.7. The first-order valence-electron chi connectivity index (χ1n) is 7.76. The van der Waals surface area contributed by atoms with Crippen molar-refractivity contribution in [1.29, 1.82) is 0 Å². The zero-order valence-electron chi connectivity index (χ0n) is 14.1. The third-order valence-corrected chi connectivity index (χ3v) is 5.82. The van der Waals surface area contributed by atoms with E-state index in [1.54, 1.807) is 11.7 Å². The second-order valence-electron chi connectivity index (χ2n) is 6.32. The van der Waals surface area contributed by atoms with Crippen molar-refractivity contribution in [2.45, 2.75) is 31.6 Å². The molecule has 1 aromatic heterocycles. The number of thioether (sulfide) groups is 1. The number of nitrogens with zero attached hydrogens (tertiary/aromatic N) is 3. The summed E-state index contributed by atoms with van der Waals surface area (Å²) in [6, 6.07) is 3.89. The third kappa shape index (κ3) is 3.67. The Morgan fingerprint density at radius 1 is 1.36 bits per heavy atom. The second kappa shape index (κ2) is 6.96. The van der Waals surface area contributed by atoms with Crippen LogP contribution in [0.4, 0.5) is 8.78 Å². The Morgan fingerprint density at radius 2 is 2.04 bits per heavy atom. The minimum Gasteiger partial charge on any atom is -0.388 e. The van der Waals surface area contributed by atoms with Gasteiger partial charge >= 0.3 is 0 Å². The molecule has 0 N–H and O–H groups in total. The monoisotopic (exact) mass is 385 g/mol. The summed E-state index contributed by atoms with van der Waals surface area (Å²) in [5, 5.41) is 8.97. The van der Waals surface area contributed by atoms with Crippen LogP contribution in [0.25, 0.3) is 0 Å². The van der Waals surface area contributed by atoms with Gasteiger partial charge in [-0.1, -0.05) is 22.8 Å². The van der Waals surface area contributed by atoms with Crippen LogP contribution in [-0.4, -0.2) is 26.8 Å². The lowest BCUT2D eigenvalue weighted by Crippen LogP contribution is -2.28. The predicted octanol–water partition coefficient (Wildman–Crippen LogP) is 4.48. The van der Waals surface area contributed by atoms with Crippen LogP contribution in [-0.2, 0) is 17.6 Å². The van der Waals surface area contributed by atoms with Crippen LogP contribution in [0.5, 0.6) is 0 Å². The van der Waals surface area contributed by atoms with E-state index in [9.17, 15) is 8.78 Å². The Hall–Kier alpha value is -1.60. The highest BCUT2D eigenvalue weighted by Crippen LogP contribution is 2.34. The molecule has 1 aliphatic heterocycles. The van der Waals surface area contributed by atoms with Crippen molar-refractivity contribution in [1.82, 2.24) is 9.78 Å². The molecular formula is C17H18ClF2N3OS. The Labute approximate surface area is 154 Å². The summed E-state index contributed by atoms with van der Waals surface area (Å²) in [6.07, 6.45) is 0.562. The van der Waals surface area contributed by atoms with Crippen LogP contribution < -0.4 is 0 Å². The number of hydrogen-bond donors (Lipinski definition) is 0. The fourth-order valence-electron chi connectivity index (χ4n) is 2.79. The van der Waals surface area contributed by atoms with Gasteiger partial charge in [-0.05, 0) is 26.0 Å². The fourth-order valence-corrected chi connectivity index (χ4v) is 4.24. The molecule has 1 aliphatic rings. The maximum Gasteiger partial charge on any atom is 0.149 e. The Balaban J connectivity index is 1.64. The summed E-state index contributed by atoms with van der Waals surface area (Å²) in [7, 11) is 1.77. The molecule has 25 heavy (non-hydrogen) atoms. The highest BCUT2D eigenvalue weighted by atomic mass is 35.5. The van der Waals surface area contributed by atoms with Gasteiger partial charge in [0.25, 0.3) is 0 Å². The first-order valence-corrected chi connectivity index (χ1v) is 9.29. The quantitative estimate of drug-likeness (QED) is 0.762. The summed E-state index contributed by atoms with van der Waals surface area (Å²) >= 11 is 7.69.